The fraction of sp³-hybridized carbons (Fsp3) is 0.0588. The van der Waals surface area contributed by atoms with Gasteiger partial charge in [-0.2, -0.15) is 5.10 Å². The number of nitro groups is 1. The fourth-order valence-electron chi connectivity index (χ4n) is 2.24. The van der Waals surface area contributed by atoms with Crippen molar-refractivity contribution in [3.8, 4) is 5.75 Å². The van der Waals surface area contributed by atoms with Gasteiger partial charge in [0.25, 0.3) is 5.69 Å². The number of halogens is 1. The molecule has 0 saturated heterocycles. The first-order chi connectivity index (χ1) is 12.5. The molecule has 1 heterocycles. The van der Waals surface area contributed by atoms with Crippen LogP contribution < -0.4 is 10.2 Å². The lowest BCUT2D eigenvalue weighted by molar-refractivity contribution is -0.384. The lowest BCUT2D eigenvalue weighted by atomic mass is 10.2. The number of amides is 1. The number of fused-ring (bicyclic) bond motifs is 1. The number of nitrogens with one attached hydrogen (secondary N) is 1. The maximum absolute atomic E-state index is 12.1. The Kier molecular flexibility index (Phi) is 5.16. The van der Waals surface area contributed by atoms with Crippen LogP contribution in [0.15, 0.2) is 52.0 Å². The number of benzene rings is 2. The van der Waals surface area contributed by atoms with E-state index in [0.29, 0.717) is 11.0 Å². The van der Waals surface area contributed by atoms with Crippen LogP contribution in [0.5, 0.6) is 5.75 Å². The van der Waals surface area contributed by atoms with Gasteiger partial charge in [-0.05, 0) is 58.5 Å². The van der Waals surface area contributed by atoms with Gasteiger partial charge in [-0.3, -0.25) is 14.9 Å². The lowest BCUT2D eigenvalue weighted by Crippen LogP contribution is -2.16. The predicted molar refractivity (Wildman–Crippen MR) is 104 cm³/mol. The second kappa shape index (κ2) is 7.52. The molecule has 8 nitrogen and oxygen atoms in total. The van der Waals surface area contributed by atoms with Crippen molar-refractivity contribution in [3.05, 3.63) is 67.5 Å². The predicted octanol–water partition coefficient (Wildman–Crippen LogP) is 3.72. The van der Waals surface area contributed by atoms with Gasteiger partial charge in [-0.1, -0.05) is 0 Å². The second-order valence-electron chi connectivity index (χ2n) is 5.18. The van der Waals surface area contributed by atoms with Gasteiger partial charge in [0.2, 0.25) is 0 Å². The number of hydrogen-bond acceptors (Lipinski definition) is 6. The highest BCUT2D eigenvalue weighted by atomic mass is 127. The standard InChI is InChI=1S/C17H12IN3O5/c1-25-15-4-2-10(6-13(15)18)9-19-20-17(22)16-8-11-7-12(21(23)24)3-5-14(11)26-16/h2-9H,1H3,(H,20,22)/b19-9-. The van der Waals surface area contributed by atoms with Crippen LogP contribution in [-0.2, 0) is 0 Å². The van der Waals surface area contributed by atoms with E-state index in [9.17, 15) is 14.9 Å². The van der Waals surface area contributed by atoms with E-state index in [1.807, 2.05) is 6.07 Å². The van der Waals surface area contributed by atoms with Crippen molar-refractivity contribution in [2.45, 2.75) is 0 Å². The number of methoxy groups -OCH3 is 1. The molecule has 26 heavy (non-hydrogen) atoms. The molecule has 0 bridgehead atoms. The van der Waals surface area contributed by atoms with Crippen LogP contribution in [0, 0.1) is 13.7 Å². The normalized spacial score (nSPS) is 11.0. The van der Waals surface area contributed by atoms with Crippen molar-refractivity contribution in [1.29, 1.82) is 0 Å². The Hall–Kier alpha value is -2.95. The average molecular weight is 465 g/mol. The Labute approximate surface area is 161 Å². The van der Waals surface area contributed by atoms with E-state index in [1.54, 1.807) is 19.2 Å². The van der Waals surface area contributed by atoms with E-state index in [4.69, 9.17) is 9.15 Å². The van der Waals surface area contributed by atoms with E-state index in [1.165, 1.54) is 30.5 Å². The number of ether oxygens (including phenoxy) is 1. The maximum atomic E-state index is 12.1. The molecule has 1 N–H and O–H groups in total. The number of carbonyl (C=O) groups is 1. The van der Waals surface area contributed by atoms with E-state index < -0.39 is 10.8 Å². The average Bonchev–Trinajstić information content (AvgIpc) is 3.05. The van der Waals surface area contributed by atoms with Gasteiger partial charge in [0.1, 0.15) is 11.3 Å². The SMILES string of the molecule is COc1ccc(/C=N\NC(=O)c2cc3cc([N+](=O)[O-])ccc3o2)cc1I. The number of nitro benzene ring substituents is 1. The molecular weight excluding hydrogens is 453 g/mol. The Bertz CT molecular complexity index is 1030. The molecule has 0 atom stereocenters. The minimum atomic E-state index is -0.552. The Morgan fingerprint density at radius 3 is 2.81 bits per heavy atom. The molecule has 0 radical (unpaired) electrons. The molecule has 0 aliphatic carbocycles. The topological polar surface area (TPSA) is 107 Å². The van der Waals surface area contributed by atoms with Crippen LogP contribution in [0.25, 0.3) is 11.0 Å². The van der Waals surface area contributed by atoms with Crippen molar-refractivity contribution in [3.63, 3.8) is 0 Å². The first-order valence-electron chi connectivity index (χ1n) is 7.33. The van der Waals surface area contributed by atoms with E-state index >= 15 is 0 Å². The number of carbonyl (C=O) groups excluding carboxylic acids is 1. The summed E-state index contributed by atoms with van der Waals surface area (Å²) in [6.45, 7) is 0. The molecule has 0 aliphatic rings. The molecule has 3 rings (SSSR count). The van der Waals surface area contributed by atoms with Crippen molar-refractivity contribution in [1.82, 2.24) is 5.43 Å². The molecule has 2 aromatic carbocycles. The van der Waals surface area contributed by atoms with Gasteiger partial charge < -0.3 is 9.15 Å². The van der Waals surface area contributed by atoms with Crippen LogP contribution >= 0.6 is 22.6 Å². The summed E-state index contributed by atoms with van der Waals surface area (Å²) in [5, 5.41) is 15.2. The zero-order valence-electron chi connectivity index (χ0n) is 13.4. The summed E-state index contributed by atoms with van der Waals surface area (Å²) in [5.41, 5.74) is 3.46. The van der Waals surface area contributed by atoms with Gasteiger partial charge in [0.15, 0.2) is 5.76 Å². The van der Waals surface area contributed by atoms with Gasteiger partial charge in [-0.25, -0.2) is 5.43 Å². The molecule has 1 aromatic heterocycles. The van der Waals surface area contributed by atoms with Crippen molar-refractivity contribution >= 4 is 51.4 Å². The van der Waals surface area contributed by atoms with Crippen molar-refractivity contribution < 1.29 is 18.9 Å². The van der Waals surface area contributed by atoms with Crippen LogP contribution in [-0.4, -0.2) is 24.2 Å². The van der Waals surface area contributed by atoms with Gasteiger partial charge >= 0.3 is 5.91 Å². The lowest BCUT2D eigenvalue weighted by Gasteiger charge is -2.03. The van der Waals surface area contributed by atoms with E-state index in [2.05, 4.69) is 33.1 Å². The number of non-ortho nitro benzene ring substituents is 1. The zero-order valence-corrected chi connectivity index (χ0v) is 15.6. The molecule has 0 spiro atoms. The monoisotopic (exact) mass is 465 g/mol. The fourth-order valence-corrected chi connectivity index (χ4v) is 3.00. The molecular formula is C17H12IN3O5. The molecule has 0 saturated carbocycles. The third kappa shape index (κ3) is 3.82. The number of furan rings is 1. The molecule has 0 unspecified atom stereocenters. The highest BCUT2D eigenvalue weighted by molar-refractivity contribution is 14.1. The van der Waals surface area contributed by atoms with Crippen LogP contribution in [0.4, 0.5) is 5.69 Å². The zero-order chi connectivity index (χ0) is 18.7. The highest BCUT2D eigenvalue weighted by Gasteiger charge is 2.14. The van der Waals surface area contributed by atoms with Gasteiger partial charge in [0, 0.05) is 17.5 Å². The summed E-state index contributed by atoms with van der Waals surface area (Å²) in [6, 6.07) is 11.0. The van der Waals surface area contributed by atoms with E-state index in [0.717, 1.165) is 14.9 Å². The summed E-state index contributed by atoms with van der Waals surface area (Å²) >= 11 is 2.14. The quantitative estimate of drug-likeness (QED) is 0.268. The van der Waals surface area contributed by atoms with Crippen LogP contribution in [0.1, 0.15) is 16.1 Å². The Balaban J connectivity index is 1.72. The maximum Gasteiger partial charge on any atom is 0.307 e. The first-order valence-corrected chi connectivity index (χ1v) is 8.41. The Morgan fingerprint density at radius 2 is 2.12 bits per heavy atom. The first kappa shape index (κ1) is 17.9. The summed E-state index contributed by atoms with van der Waals surface area (Å²) in [5.74, 6) is 0.216. The Morgan fingerprint density at radius 1 is 1.31 bits per heavy atom. The smallest absolute Gasteiger partial charge is 0.307 e. The second-order valence-corrected chi connectivity index (χ2v) is 6.35. The third-order valence-electron chi connectivity index (χ3n) is 3.49. The van der Waals surface area contributed by atoms with E-state index in [-0.39, 0.29) is 11.4 Å². The third-order valence-corrected chi connectivity index (χ3v) is 4.33. The molecule has 9 heteroatoms. The summed E-state index contributed by atoms with van der Waals surface area (Å²) in [7, 11) is 1.59. The molecule has 1 amide bonds. The van der Waals surface area contributed by atoms with Crippen LogP contribution in [0.3, 0.4) is 0 Å². The molecule has 3 aromatic rings. The summed E-state index contributed by atoms with van der Waals surface area (Å²) in [4.78, 5) is 22.4. The van der Waals surface area contributed by atoms with Crippen LogP contribution in [0.2, 0.25) is 0 Å². The number of hydrogen-bond donors (Lipinski definition) is 1. The minimum Gasteiger partial charge on any atom is -0.496 e. The summed E-state index contributed by atoms with van der Waals surface area (Å²) < 4.78 is 11.5. The molecule has 0 fully saturated rings. The number of rotatable bonds is 5. The van der Waals surface area contributed by atoms with Crippen molar-refractivity contribution in [2.24, 2.45) is 5.10 Å². The number of nitrogens with zero attached hydrogens (tertiary/aromatic N) is 2. The minimum absolute atomic E-state index is 0.0157. The largest absolute Gasteiger partial charge is 0.496 e. The van der Waals surface area contributed by atoms with Gasteiger partial charge in [-0.15, -0.1) is 0 Å². The molecule has 0 aliphatic heterocycles. The highest BCUT2D eigenvalue weighted by Crippen LogP contribution is 2.24. The summed E-state index contributed by atoms with van der Waals surface area (Å²) in [6.07, 6.45) is 1.49. The van der Waals surface area contributed by atoms with Gasteiger partial charge in [0.05, 0.1) is 21.8 Å². The van der Waals surface area contributed by atoms with Crippen molar-refractivity contribution in [2.75, 3.05) is 7.11 Å². The number of hydrazone groups is 1. The molecule has 132 valence electrons.